The number of benzene rings is 1. The van der Waals surface area contributed by atoms with Gasteiger partial charge in [0.1, 0.15) is 5.71 Å². The van der Waals surface area contributed by atoms with Crippen molar-refractivity contribution in [1.29, 1.82) is 0 Å². The summed E-state index contributed by atoms with van der Waals surface area (Å²) in [6.45, 7) is 2.42. The Hall–Kier alpha value is -1.49. The highest BCUT2D eigenvalue weighted by molar-refractivity contribution is 9.10. The van der Waals surface area contributed by atoms with Crippen LogP contribution in [0, 0.1) is 0 Å². The number of amides is 1. The average Bonchev–Trinajstić information content (AvgIpc) is 2.33. The van der Waals surface area contributed by atoms with Crippen molar-refractivity contribution >= 4 is 33.3 Å². The second-order valence-corrected chi connectivity index (χ2v) is 5.18. The van der Waals surface area contributed by atoms with Crippen molar-refractivity contribution in [3.63, 3.8) is 0 Å². The molecule has 0 saturated heterocycles. The first kappa shape index (κ1) is 13.0. The minimum absolute atomic E-state index is 0.0454. The summed E-state index contributed by atoms with van der Waals surface area (Å²) in [5.41, 5.74) is 0.911. The number of carbonyl (C=O) groups excluding carboxylic acids is 2. The second kappa shape index (κ2) is 5.44. The van der Waals surface area contributed by atoms with Crippen molar-refractivity contribution < 1.29 is 9.59 Å². The number of aliphatic imine (C=N–C) groups is 1. The standard InChI is InChI=1S/C13H13BrN2O2/c1-8-7-15-11(13(18)16-8)6-12(17)9-2-4-10(14)5-3-9/h2-5,8H,6-7H2,1H3,(H,16,18)/t8-/m1/s1. The molecule has 0 aliphatic carbocycles. The molecule has 1 heterocycles. The highest BCUT2D eigenvalue weighted by Crippen LogP contribution is 2.12. The average molecular weight is 309 g/mol. The Balaban J connectivity index is 2.08. The lowest BCUT2D eigenvalue weighted by atomic mass is 10.0. The molecule has 1 atom stereocenters. The lowest BCUT2D eigenvalue weighted by molar-refractivity contribution is -0.115. The molecule has 18 heavy (non-hydrogen) atoms. The van der Waals surface area contributed by atoms with Gasteiger partial charge in [-0.15, -0.1) is 0 Å². The fourth-order valence-corrected chi connectivity index (χ4v) is 1.96. The summed E-state index contributed by atoms with van der Waals surface area (Å²) < 4.78 is 0.917. The van der Waals surface area contributed by atoms with E-state index in [1.54, 1.807) is 24.3 Å². The highest BCUT2D eigenvalue weighted by Gasteiger charge is 2.21. The first-order chi connectivity index (χ1) is 8.56. The van der Waals surface area contributed by atoms with E-state index in [-0.39, 0.29) is 24.2 Å². The Morgan fingerprint density at radius 2 is 2.11 bits per heavy atom. The smallest absolute Gasteiger partial charge is 0.265 e. The molecule has 1 aromatic carbocycles. The number of hydrogen-bond acceptors (Lipinski definition) is 3. The van der Waals surface area contributed by atoms with Crippen molar-refractivity contribution in [3.05, 3.63) is 34.3 Å². The summed E-state index contributed by atoms with van der Waals surface area (Å²) in [6, 6.07) is 7.12. The Morgan fingerprint density at radius 1 is 1.44 bits per heavy atom. The van der Waals surface area contributed by atoms with Crippen molar-refractivity contribution in [3.8, 4) is 0 Å². The third-order valence-corrected chi connectivity index (χ3v) is 3.22. The lowest BCUT2D eigenvalue weighted by Gasteiger charge is -2.18. The van der Waals surface area contributed by atoms with Crippen LogP contribution in [0.1, 0.15) is 23.7 Å². The molecule has 0 bridgehead atoms. The van der Waals surface area contributed by atoms with Gasteiger partial charge in [-0.3, -0.25) is 14.6 Å². The maximum Gasteiger partial charge on any atom is 0.265 e. The molecular weight excluding hydrogens is 296 g/mol. The summed E-state index contributed by atoms with van der Waals surface area (Å²) in [7, 11) is 0. The molecular formula is C13H13BrN2O2. The second-order valence-electron chi connectivity index (χ2n) is 4.27. The summed E-state index contributed by atoms with van der Waals surface area (Å²) in [4.78, 5) is 27.7. The number of hydrogen-bond donors (Lipinski definition) is 1. The van der Waals surface area contributed by atoms with Gasteiger partial charge in [-0.1, -0.05) is 28.1 Å². The number of halogens is 1. The van der Waals surface area contributed by atoms with Crippen LogP contribution >= 0.6 is 15.9 Å². The van der Waals surface area contributed by atoms with Crippen LogP contribution in [0.2, 0.25) is 0 Å². The summed E-state index contributed by atoms with van der Waals surface area (Å²) >= 11 is 3.31. The van der Waals surface area contributed by atoms with Crippen LogP contribution in [0.25, 0.3) is 0 Å². The maximum atomic E-state index is 12.0. The minimum Gasteiger partial charge on any atom is -0.347 e. The lowest BCUT2D eigenvalue weighted by Crippen LogP contribution is -2.44. The Bertz CT molecular complexity index is 508. The van der Waals surface area contributed by atoms with Gasteiger partial charge < -0.3 is 5.32 Å². The molecule has 1 aliphatic heterocycles. The predicted molar refractivity (Wildman–Crippen MR) is 73.0 cm³/mol. The van der Waals surface area contributed by atoms with Crippen molar-refractivity contribution in [2.75, 3.05) is 6.54 Å². The van der Waals surface area contributed by atoms with Gasteiger partial charge in [0.15, 0.2) is 5.78 Å². The zero-order valence-corrected chi connectivity index (χ0v) is 11.5. The monoisotopic (exact) mass is 308 g/mol. The van der Waals surface area contributed by atoms with Gasteiger partial charge in [0.2, 0.25) is 0 Å². The Kier molecular flexibility index (Phi) is 3.91. The quantitative estimate of drug-likeness (QED) is 0.868. The van der Waals surface area contributed by atoms with E-state index in [0.29, 0.717) is 17.8 Å². The number of nitrogens with one attached hydrogen (secondary N) is 1. The maximum absolute atomic E-state index is 12.0. The molecule has 1 aliphatic rings. The Morgan fingerprint density at radius 3 is 2.72 bits per heavy atom. The van der Waals surface area contributed by atoms with Crippen LogP contribution in [0.5, 0.6) is 0 Å². The van der Waals surface area contributed by atoms with E-state index < -0.39 is 0 Å². The molecule has 0 spiro atoms. The normalized spacial score (nSPS) is 19.1. The number of Topliss-reactive ketones (excluding diaryl/α,β-unsaturated/α-hetero) is 1. The molecule has 1 amide bonds. The van der Waals surface area contributed by atoms with Crippen LogP contribution in [-0.4, -0.2) is 30.0 Å². The van der Waals surface area contributed by atoms with Gasteiger partial charge in [-0.2, -0.15) is 0 Å². The number of carbonyl (C=O) groups is 2. The first-order valence-corrected chi connectivity index (χ1v) is 6.48. The van der Waals surface area contributed by atoms with Gasteiger partial charge in [0.05, 0.1) is 13.0 Å². The van der Waals surface area contributed by atoms with E-state index >= 15 is 0 Å². The van der Waals surface area contributed by atoms with Crippen LogP contribution < -0.4 is 5.32 Å². The van der Waals surface area contributed by atoms with E-state index in [0.717, 1.165) is 4.47 Å². The zero-order valence-electron chi connectivity index (χ0n) is 9.94. The third-order valence-electron chi connectivity index (χ3n) is 2.69. The van der Waals surface area contributed by atoms with E-state index in [4.69, 9.17) is 0 Å². The molecule has 5 heteroatoms. The topological polar surface area (TPSA) is 58.5 Å². The van der Waals surface area contributed by atoms with Crippen LogP contribution in [0.4, 0.5) is 0 Å². The fourth-order valence-electron chi connectivity index (χ4n) is 1.70. The van der Waals surface area contributed by atoms with Crippen molar-refractivity contribution in [2.45, 2.75) is 19.4 Å². The molecule has 1 aromatic rings. The molecule has 0 unspecified atom stereocenters. The molecule has 0 radical (unpaired) electrons. The third kappa shape index (κ3) is 3.04. The number of ketones is 1. The van der Waals surface area contributed by atoms with Crippen molar-refractivity contribution in [1.82, 2.24) is 5.32 Å². The molecule has 2 rings (SSSR count). The Labute approximate surface area is 114 Å². The summed E-state index contributed by atoms with van der Waals surface area (Å²) in [6.07, 6.45) is 0.0557. The van der Waals surface area contributed by atoms with E-state index in [1.165, 1.54) is 0 Å². The van der Waals surface area contributed by atoms with E-state index in [2.05, 4.69) is 26.2 Å². The minimum atomic E-state index is -0.237. The first-order valence-electron chi connectivity index (χ1n) is 5.69. The van der Waals surface area contributed by atoms with Gasteiger partial charge in [-0.05, 0) is 19.1 Å². The molecule has 94 valence electrons. The molecule has 0 fully saturated rings. The SMILES string of the molecule is C[C@@H]1CN=C(CC(=O)c2ccc(Br)cc2)C(=O)N1. The zero-order chi connectivity index (χ0) is 13.1. The fraction of sp³-hybridized carbons (Fsp3) is 0.308. The summed E-state index contributed by atoms with van der Waals surface area (Å²) in [5, 5.41) is 2.77. The number of rotatable bonds is 3. The molecule has 0 saturated carbocycles. The van der Waals surface area contributed by atoms with Gasteiger partial charge >= 0.3 is 0 Å². The van der Waals surface area contributed by atoms with Gasteiger partial charge in [-0.25, -0.2) is 0 Å². The highest BCUT2D eigenvalue weighted by atomic mass is 79.9. The molecule has 4 nitrogen and oxygen atoms in total. The molecule has 1 N–H and O–H groups in total. The van der Waals surface area contributed by atoms with Gasteiger partial charge in [0.25, 0.3) is 5.91 Å². The largest absolute Gasteiger partial charge is 0.347 e. The van der Waals surface area contributed by atoms with Crippen LogP contribution in [-0.2, 0) is 4.79 Å². The van der Waals surface area contributed by atoms with Crippen LogP contribution in [0.3, 0.4) is 0 Å². The van der Waals surface area contributed by atoms with Crippen LogP contribution in [0.15, 0.2) is 33.7 Å². The predicted octanol–water partition coefficient (Wildman–Crippen LogP) is 1.98. The van der Waals surface area contributed by atoms with Crippen molar-refractivity contribution in [2.24, 2.45) is 4.99 Å². The summed E-state index contributed by atoms with van der Waals surface area (Å²) in [5.74, 6) is -0.329. The van der Waals surface area contributed by atoms with Gasteiger partial charge in [0, 0.05) is 16.1 Å². The molecule has 0 aromatic heterocycles. The van der Waals surface area contributed by atoms with E-state index in [1.807, 2.05) is 6.92 Å². The van der Waals surface area contributed by atoms with E-state index in [9.17, 15) is 9.59 Å². The number of nitrogens with zero attached hydrogens (tertiary/aromatic N) is 1.